The van der Waals surface area contributed by atoms with Crippen LogP contribution in [0.3, 0.4) is 0 Å². The number of carbonyl (C=O) groups excluding carboxylic acids is 1. The summed E-state index contributed by atoms with van der Waals surface area (Å²) in [5.41, 5.74) is 0. The third-order valence-corrected chi connectivity index (χ3v) is 3.51. The lowest BCUT2D eigenvalue weighted by Crippen LogP contribution is -2.26. The normalized spacial score (nSPS) is 36.5. The molecule has 0 aromatic rings. The minimum Gasteiger partial charge on any atom is -0.356 e. The van der Waals surface area contributed by atoms with E-state index in [0.717, 1.165) is 24.8 Å². The molecule has 2 rings (SSSR count). The quantitative estimate of drug-likeness (QED) is 0.708. The fraction of sp³-hybridized carbons (Fsp3) is 0.909. The Balaban J connectivity index is 1.79. The first-order valence-corrected chi connectivity index (χ1v) is 5.62. The molecule has 1 N–H and O–H groups in total. The first-order chi connectivity index (χ1) is 6.34. The van der Waals surface area contributed by atoms with Crippen LogP contribution in [0.5, 0.6) is 0 Å². The molecule has 2 heteroatoms. The van der Waals surface area contributed by atoms with Crippen LogP contribution in [0, 0.1) is 17.8 Å². The monoisotopic (exact) mass is 181 g/mol. The van der Waals surface area contributed by atoms with Crippen molar-refractivity contribution in [2.45, 2.75) is 39.0 Å². The number of nitrogens with one attached hydrogen (secondary N) is 1. The highest BCUT2D eigenvalue weighted by Gasteiger charge is 2.54. The highest BCUT2D eigenvalue weighted by atomic mass is 16.2. The minimum absolute atomic E-state index is 0.332. The highest BCUT2D eigenvalue weighted by molar-refractivity contribution is 5.82. The Hall–Kier alpha value is -0.530. The van der Waals surface area contributed by atoms with E-state index in [1.807, 2.05) is 0 Å². The molecule has 2 aliphatic rings. The zero-order chi connectivity index (χ0) is 9.26. The van der Waals surface area contributed by atoms with Gasteiger partial charge in [0.05, 0.1) is 0 Å². The van der Waals surface area contributed by atoms with Crippen molar-refractivity contribution in [1.82, 2.24) is 5.32 Å². The Morgan fingerprint density at radius 2 is 1.92 bits per heavy atom. The summed E-state index contributed by atoms with van der Waals surface area (Å²) in [5.74, 6) is 2.24. The lowest BCUT2D eigenvalue weighted by molar-refractivity contribution is -0.122. The lowest BCUT2D eigenvalue weighted by Gasteiger charge is -2.04. The Kier molecular flexibility index (Phi) is 2.56. The molecular formula is C11H19NO. The van der Waals surface area contributed by atoms with Crippen molar-refractivity contribution in [2.75, 3.05) is 6.54 Å². The fourth-order valence-corrected chi connectivity index (χ4v) is 2.75. The number of amides is 1. The van der Waals surface area contributed by atoms with Crippen molar-refractivity contribution in [1.29, 1.82) is 0 Å². The van der Waals surface area contributed by atoms with Gasteiger partial charge in [-0.1, -0.05) is 19.8 Å². The summed E-state index contributed by atoms with van der Waals surface area (Å²) in [7, 11) is 0. The zero-order valence-corrected chi connectivity index (χ0v) is 8.38. The molecule has 2 fully saturated rings. The van der Waals surface area contributed by atoms with Crippen LogP contribution in [-0.4, -0.2) is 12.5 Å². The van der Waals surface area contributed by atoms with Crippen LogP contribution in [-0.2, 0) is 4.79 Å². The Morgan fingerprint density at radius 1 is 1.31 bits per heavy atom. The molecule has 13 heavy (non-hydrogen) atoms. The van der Waals surface area contributed by atoms with Gasteiger partial charge < -0.3 is 5.32 Å². The van der Waals surface area contributed by atoms with E-state index in [0.29, 0.717) is 11.8 Å². The minimum atomic E-state index is 0.332. The number of hydrogen-bond donors (Lipinski definition) is 1. The van der Waals surface area contributed by atoms with Gasteiger partial charge >= 0.3 is 0 Å². The lowest BCUT2D eigenvalue weighted by atomic mass is 10.0. The number of carbonyl (C=O) groups is 1. The van der Waals surface area contributed by atoms with E-state index in [1.54, 1.807) is 0 Å². The second-order valence-corrected chi connectivity index (χ2v) is 4.43. The van der Waals surface area contributed by atoms with Gasteiger partial charge in [0.2, 0.25) is 5.91 Å². The average molecular weight is 181 g/mol. The molecule has 0 saturated heterocycles. The zero-order valence-electron chi connectivity index (χ0n) is 8.38. The first kappa shape index (κ1) is 9.04. The van der Waals surface area contributed by atoms with Crippen LogP contribution in [0.2, 0.25) is 0 Å². The van der Waals surface area contributed by atoms with Gasteiger partial charge in [-0.3, -0.25) is 4.79 Å². The van der Waals surface area contributed by atoms with Gasteiger partial charge in [0.25, 0.3) is 0 Å². The van der Waals surface area contributed by atoms with E-state index in [4.69, 9.17) is 0 Å². The largest absolute Gasteiger partial charge is 0.356 e. The Bertz CT molecular complexity index is 190. The van der Waals surface area contributed by atoms with Gasteiger partial charge in [-0.15, -0.1) is 0 Å². The molecular weight excluding hydrogens is 162 g/mol. The van der Waals surface area contributed by atoms with Crippen molar-refractivity contribution in [3.05, 3.63) is 0 Å². The summed E-state index contributed by atoms with van der Waals surface area (Å²) in [4.78, 5) is 11.6. The van der Waals surface area contributed by atoms with Gasteiger partial charge in [0, 0.05) is 12.5 Å². The van der Waals surface area contributed by atoms with Gasteiger partial charge in [-0.25, -0.2) is 0 Å². The molecule has 0 aliphatic heterocycles. The van der Waals surface area contributed by atoms with Gasteiger partial charge in [0.1, 0.15) is 0 Å². The molecule has 0 spiro atoms. The molecule has 74 valence electrons. The molecule has 2 saturated carbocycles. The molecule has 0 aromatic heterocycles. The van der Waals surface area contributed by atoms with Gasteiger partial charge in [-0.2, -0.15) is 0 Å². The second kappa shape index (κ2) is 3.69. The van der Waals surface area contributed by atoms with Crippen molar-refractivity contribution in [3.63, 3.8) is 0 Å². The van der Waals surface area contributed by atoms with Crippen molar-refractivity contribution >= 4 is 5.91 Å². The van der Waals surface area contributed by atoms with Gasteiger partial charge in [-0.05, 0) is 31.1 Å². The molecule has 0 radical (unpaired) electrons. The molecule has 0 bridgehead atoms. The molecule has 2 nitrogen and oxygen atoms in total. The van der Waals surface area contributed by atoms with E-state index < -0.39 is 0 Å². The summed E-state index contributed by atoms with van der Waals surface area (Å²) in [5, 5.41) is 3.01. The van der Waals surface area contributed by atoms with E-state index in [2.05, 4.69) is 12.2 Å². The van der Waals surface area contributed by atoms with E-state index in [9.17, 15) is 4.79 Å². The molecule has 1 amide bonds. The van der Waals surface area contributed by atoms with E-state index in [-0.39, 0.29) is 0 Å². The first-order valence-electron chi connectivity index (χ1n) is 5.62. The standard InChI is InChI=1S/C11H19NO/c1-2-7-12-11(13)10-8-5-3-4-6-9(8)10/h8-10H,2-7H2,1H3,(H,12,13). The maximum atomic E-state index is 11.6. The summed E-state index contributed by atoms with van der Waals surface area (Å²) in [6.45, 7) is 2.95. The maximum absolute atomic E-state index is 11.6. The predicted molar refractivity (Wildman–Crippen MR) is 52.2 cm³/mol. The average Bonchev–Trinajstić information content (AvgIpc) is 2.88. The third-order valence-electron chi connectivity index (χ3n) is 3.51. The van der Waals surface area contributed by atoms with Crippen LogP contribution in [0.25, 0.3) is 0 Å². The van der Waals surface area contributed by atoms with E-state index in [1.165, 1.54) is 25.7 Å². The van der Waals surface area contributed by atoms with E-state index >= 15 is 0 Å². The molecule has 2 aliphatic carbocycles. The number of hydrogen-bond acceptors (Lipinski definition) is 1. The smallest absolute Gasteiger partial charge is 0.223 e. The van der Waals surface area contributed by atoms with Crippen LogP contribution in [0.4, 0.5) is 0 Å². The number of fused-ring (bicyclic) bond motifs is 1. The number of rotatable bonds is 3. The molecule has 2 unspecified atom stereocenters. The van der Waals surface area contributed by atoms with Crippen molar-refractivity contribution in [2.24, 2.45) is 17.8 Å². The van der Waals surface area contributed by atoms with Crippen LogP contribution in [0.1, 0.15) is 39.0 Å². The predicted octanol–water partition coefficient (Wildman–Crippen LogP) is 1.95. The SMILES string of the molecule is CCCNC(=O)C1C2CCCCC21. The summed E-state index contributed by atoms with van der Waals surface area (Å²) in [6, 6.07) is 0. The second-order valence-electron chi connectivity index (χ2n) is 4.43. The van der Waals surface area contributed by atoms with Crippen LogP contribution >= 0.6 is 0 Å². The Morgan fingerprint density at radius 3 is 2.46 bits per heavy atom. The third kappa shape index (κ3) is 1.72. The van der Waals surface area contributed by atoms with Gasteiger partial charge in [0.15, 0.2) is 0 Å². The maximum Gasteiger partial charge on any atom is 0.223 e. The Labute approximate surface area is 80.1 Å². The van der Waals surface area contributed by atoms with Crippen LogP contribution in [0.15, 0.2) is 0 Å². The van der Waals surface area contributed by atoms with Crippen LogP contribution < -0.4 is 5.32 Å². The van der Waals surface area contributed by atoms with Crippen molar-refractivity contribution < 1.29 is 4.79 Å². The molecule has 0 heterocycles. The molecule has 2 atom stereocenters. The van der Waals surface area contributed by atoms with Crippen molar-refractivity contribution in [3.8, 4) is 0 Å². The highest BCUT2D eigenvalue weighted by Crippen LogP contribution is 2.55. The fourth-order valence-electron chi connectivity index (χ4n) is 2.75. The summed E-state index contributed by atoms with van der Waals surface area (Å²) < 4.78 is 0. The molecule has 0 aromatic carbocycles. The summed E-state index contributed by atoms with van der Waals surface area (Å²) >= 11 is 0. The topological polar surface area (TPSA) is 29.1 Å². The summed E-state index contributed by atoms with van der Waals surface area (Å²) in [6.07, 6.45) is 6.34.